The maximum Gasteiger partial charge on any atom is 0.216 e. The molecule has 0 fully saturated rings. The molecule has 0 spiro atoms. The Morgan fingerprint density at radius 3 is 2.10 bits per heavy atom. The van der Waals surface area contributed by atoms with E-state index < -0.39 is 0 Å². The van der Waals surface area contributed by atoms with Crippen LogP contribution in [0.3, 0.4) is 0 Å². The Bertz CT molecular complexity index is 720. The Labute approximate surface area is 124 Å². The minimum Gasteiger partial charge on any atom is -0.471 e. The first-order chi connectivity index (χ1) is 10.3. The SMILES string of the molecule is CC=CO[C@H](Cn1c2ccccc2c2ccccc21)OC. The van der Waals surface area contributed by atoms with Crippen LogP contribution in [0.4, 0.5) is 0 Å². The summed E-state index contributed by atoms with van der Waals surface area (Å²) in [6.45, 7) is 2.57. The molecule has 2 aromatic carbocycles. The van der Waals surface area contributed by atoms with E-state index in [0.717, 1.165) is 0 Å². The van der Waals surface area contributed by atoms with Crippen molar-refractivity contribution in [2.45, 2.75) is 19.8 Å². The number of ether oxygens (including phenoxy) is 2. The molecule has 0 aliphatic carbocycles. The molecular formula is C18H19NO2. The van der Waals surface area contributed by atoms with Crippen LogP contribution in [0, 0.1) is 0 Å². The first kappa shape index (κ1) is 13.7. The highest BCUT2D eigenvalue weighted by Gasteiger charge is 2.14. The lowest BCUT2D eigenvalue weighted by Gasteiger charge is -2.17. The van der Waals surface area contributed by atoms with E-state index in [1.54, 1.807) is 13.4 Å². The molecule has 3 nitrogen and oxygen atoms in total. The van der Waals surface area contributed by atoms with Crippen LogP contribution in [-0.4, -0.2) is 18.0 Å². The molecule has 108 valence electrons. The summed E-state index contributed by atoms with van der Waals surface area (Å²) in [5, 5.41) is 2.52. The number of hydrogen-bond acceptors (Lipinski definition) is 2. The van der Waals surface area contributed by atoms with Gasteiger partial charge < -0.3 is 14.0 Å². The summed E-state index contributed by atoms with van der Waals surface area (Å²) in [6, 6.07) is 16.9. The Morgan fingerprint density at radius 2 is 1.57 bits per heavy atom. The van der Waals surface area contributed by atoms with Gasteiger partial charge in [-0.15, -0.1) is 0 Å². The smallest absolute Gasteiger partial charge is 0.216 e. The fraction of sp³-hybridized carbons (Fsp3) is 0.222. The number of aromatic nitrogens is 1. The lowest BCUT2D eigenvalue weighted by Crippen LogP contribution is -2.20. The number of nitrogens with zero attached hydrogens (tertiary/aromatic N) is 1. The molecule has 3 rings (SSSR count). The summed E-state index contributed by atoms with van der Waals surface area (Å²) in [4.78, 5) is 0. The molecule has 0 aliphatic heterocycles. The number of benzene rings is 2. The molecule has 0 radical (unpaired) electrons. The van der Waals surface area contributed by atoms with E-state index in [0.29, 0.717) is 6.54 Å². The van der Waals surface area contributed by atoms with Gasteiger partial charge >= 0.3 is 0 Å². The third-order valence-electron chi connectivity index (χ3n) is 3.64. The van der Waals surface area contributed by atoms with Crippen LogP contribution >= 0.6 is 0 Å². The molecule has 3 aromatic rings. The maximum absolute atomic E-state index is 5.59. The molecule has 21 heavy (non-hydrogen) atoms. The van der Waals surface area contributed by atoms with Gasteiger partial charge in [0.15, 0.2) is 0 Å². The number of methoxy groups -OCH3 is 1. The normalized spacial score (nSPS) is 13.2. The van der Waals surface area contributed by atoms with Gasteiger partial charge in [0.1, 0.15) is 0 Å². The first-order valence-corrected chi connectivity index (χ1v) is 7.10. The fourth-order valence-electron chi connectivity index (χ4n) is 2.69. The summed E-state index contributed by atoms with van der Waals surface area (Å²) < 4.78 is 13.3. The van der Waals surface area contributed by atoms with Crippen molar-refractivity contribution >= 4 is 21.8 Å². The highest BCUT2D eigenvalue weighted by molar-refractivity contribution is 6.07. The summed E-state index contributed by atoms with van der Waals surface area (Å²) in [5.74, 6) is 0. The van der Waals surface area contributed by atoms with Crippen molar-refractivity contribution in [2.24, 2.45) is 0 Å². The van der Waals surface area contributed by atoms with Crippen molar-refractivity contribution in [3.63, 3.8) is 0 Å². The summed E-state index contributed by atoms with van der Waals surface area (Å²) in [7, 11) is 1.67. The molecule has 0 amide bonds. The fourth-order valence-corrected chi connectivity index (χ4v) is 2.69. The van der Waals surface area contributed by atoms with Gasteiger partial charge in [-0.3, -0.25) is 0 Å². The van der Waals surface area contributed by atoms with E-state index in [-0.39, 0.29) is 6.29 Å². The molecule has 3 heteroatoms. The van der Waals surface area contributed by atoms with Gasteiger partial charge in [0.2, 0.25) is 6.29 Å². The molecule has 0 bridgehead atoms. The Balaban J connectivity index is 2.10. The number of para-hydroxylation sites is 2. The summed E-state index contributed by atoms with van der Waals surface area (Å²) in [6.07, 6.45) is 3.22. The van der Waals surface area contributed by atoms with Crippen molar-refractivity contribution in [1.29, 1.82) is 0 Å². The van der Waals surface area contributed by atoms with Crippen molar-refractivity contribution < 1.29 is 9.47 Å². The third kappa shape index (κ3) is 2.52. The first-order valence-electron chi connectivity index (χ1n) is 7.10. The second kappa shape index (κ2) is 6.02. The zero-order valence-electron chi connectivity index (χ0n) is 12.3. The zero-order chi connectivity index (χ0) is 14.7. The van der Waals surface area contributed by atoms with E-state index in [9.17, 15) is 0 Å². The average Bonchev–Trinajstić information content (AvgIpc) is 2.86. The Morgan fingerprint density at radius 1 is 1.00 bits per heavy atom. The maximum atomic E-state index is 5.59. The van der Waals surface area contributed by atoms with Crippen LogP contribution in [0.1, 0.15) is 6.92 Å². The van der Waals surface area contributed by atoms with E-state index in [1.165, 1.54) is 21.8 Å². The van der Waals surface area contributed by atoms with Crippen molar-refractivity contribution in [3.8, 4) is 0 Å². The Kier molecular flexibility index (Phi) is 3.93. The zero-order valence-corrected chi connectivity index (χ0v) is 12.3. The predicted molar refractivity (Wildman–Crippen MR) is 86.1 cm³/mol. The number of rotatable bonds is 5. The highest BCUT2D eigenvalue weighted by atomic mass is 16.7. The van der Waals surface area contributed by atoms with E-state index in [2.05, 4.69) is 53.1 Å². The summed E-state index contributed by atoms with van der Waals surface area (Å²) in [5.41, 5.74) is 2.40. The minimum absolute atomic E-state index is 0.305. The van der Waals surface area contributed by atoms with Crippen LogP contribution in [0.15, 0.2) is 60.9 Å². The topological polar surface area (TPSA) is 23.4 Å². The van der Waals surface area contributed by atoms with Crippen molar-refractivity contribution in [1.82, 2.24) is 4.57 Å². The van der Waals surface area contributed by atoms with Gasteiger partial charge in [0.05, 0.1) is 12.8 Å². The highest BCUT2D eigenvalue weighted by Crippen LogP contribution is 2.29. The monoisotopic (exact) mass is 281 g/mol. The second-order valence-electron chi connectivity index (χ2n) is 4.92. The average molecular weight is 281 g/mol. The van der Waals surface area contributed by atoms with Crippen LogP contribution in [0.25, 0.3) is 21.8 Å². The number of allylic oxidation sites excluding steroid dienone is 1. The van der Waals surface area contributed by atoms with Gasteiger partial charge in [-0.2, -0.15) is 0 Å². The molecule has 0 saturated heterocycles. The van der Waals surface area contributed by atoms with Gasteiger partial charge in [-0.1, -0.05) is 42.5 Å². The summed E-state index contributed by atoms with van der Waals surface area (Å²) >= 11 is 0. The molecule has 0 aliphatic rings. The number of hydrogen-bond donors (Lipinski definition) is 0. The lowest BCUT2D eigenvalue weighted by atomic mass is 10.2. The van der Waals surface area contributed by atoms with Gasteiger partial charge in [-0.25, -0.2) is 0 Å². The van der Waals surface area contributed by atoms with E-state index in [4.69, 9.17) is 9.47 Å². The minimum atomic E-state index is -0.305. The molecule has 1 atom stereocenters. The number of fused-ring (bicyclic) bond motifs is 3. The molecule has 0 N–H and O–H groups in total. The third-order valence-corrected chi connectivity index (χ3v) is 3.64. The van der Waals surface area contributed by atoms with Crippen molar-refractivity contribution in [2.75, 3.05) is 7.11 Å². The predicted octanol–water partition coefficient (Wildman–Crippen LogP) is 4.32. The van der Waals surface area contributed by atoms with Crippen LogP contribution in [0.5, 0.6) is 0 Å². The molecule has 1 heterocycles. The van der Waals surface area contributed by atoms with Crippen LogP contribution < -0.4 is 0 Å². The van der Waals surface area contributed by atoms with Gasteiger partial charge in [0.25, 0.3) is 0 Å². The van der Waals surface area contributed by atoms with E-state index >= 15 is 0 Å². The van der Waals surface area contributed by atoms with Gasteiger partial charge in [0, 0.05) is 28.9 Å². The van der Waals surface area contributed by atoms with Gasteiger partial charge in [-0.05, 0) is 19.1 Å². The standard InChI is InChI=1S/C18H19NO2/c1-3-12-21-18(20-2)13-19-16-10-6-4-8-14(16)15-9-5-7-11-17(15)19/h3-12,18H,13H2,1-2H3/t18-/m1/s1. The second-order valence-corrected chi connectivity index (χ2v) is 4.92. The van der Waals surface area contributed by atoms with Crippen LogP contribution in [-0.2, 0) is 16.0 Å². The lowest BCUT2D eigenvalue weighted by molar-refractivity contribution is -0.0906. The van der Waals surface area contributed by atoms with E-state index in [1.807, 2.05) is 13.0 Å². The quantitative estimate of drug-likeness (QED) is 0.513. The molecular weight excluding hydrogens is 262 g/mol. The van der Waals surface area contributed by atoms with Crippen molar-refractivity contribution in [3.05, 3.63) is 60.9 Å². The molecule has 1 aromatic heterocycles. The molecule has 0 unspecified atom stereocenters. The molecule has 0 saturated carbocycles. The van der Waals surface area contributed by atoms with Crippen LogP contribution in [0.2, 0.25) is 0 Å². The Hall–Kier alpha value is -2.26. The largest absolute Gasteiger partial charge is 0.471 e.